The summed E-state index contributed by atoms with van der Waals surface area (Å²) >= 11 is 0. The Morgan fingerprint density at radius 2 is 1.83 bits per heavy atom. The van der Waals surface area contributed by atoms with Crippen LogP contribution in [0.2, 0.25) is 0 Å². The maximum absolute atomic E-state index is 12.9. The number of rotatable bonds is 5. The Morgan fingerprint density at radius 1 is 1.12 bits per heavy atom. The second kappa shape index (κ2) is 6.95. The monoisotopic (exact) mass is 325 g/mol. The van der Waals surface area contributed by atoms with Gasteiger partial charge in [0.2, 0.25) is 0 Å². The highest BCUT2D eigenvalue weighted by Gasteiger charge is 2.06. The number of methoxy groups -OCH3 is 1. The van der Waals surface area contributed by atoms with E-state index in [2.05, 4.69) is 10.3 Å². The molecule has 3 aromatic rings. The average Bonchev–Trinajstić information content (AvgIpc) is 2.62. The summed E-state index contributed by atoms with van der Waals surface area (Å²) in [7, 11) is 1.59. The van der Waals surface area contributed by atoms with E-state index in [0.717, 1.165) is 11.3 Å². The molecule has 0 amide bonds. The van der Waals surface area contributed by atoms with E-state index < -0.39 is 0 Å². The van der Waals surface area contributed by atoms with Gasteiger partial charge in [-0.15, -0.1) is 0 Å². The number of nitrogens with zero attached hydrogens (tertiary/aromatic N) is 2. The number of hydrogen-bond acceptors (Lipinski definition) is 4. The van der Waals surface area contributed by atoms with E-state index in [1.54, 1.807) is 55.9 Å². The van der Waals surface area contributed by atoms with Gasteiger partial charge in [-0.1, -0.05) is 12.1 Å². The van der Waals surface area contributed by atoms with Gasteiger partial charge in [-0.25, -0.2) is 9.37 Å². The number of halogens is 1. The molecule has 3 rings (SSSR count). The van der Waals surface area contributed by atoms with Gasteiger partial charge >= 0.3 is 0 Å². The first-order valence-electron chi connectivity index (χ1n) is 7.38. The average molecular weight is 325 g/mol. The van der Waals surface area contributed by atoms with Crippen molar-refractivity contribution in [3.05, 3.63) is 82.7 Å². The Labute approximate surface area is 138 Å². The molecule has 0 unspecified atom stereocenters. The lowest BCUT2D eigenvalue weighted by Crippen LogP contribution is -2.23. The largest absolute Gasteiger partial charge is 0.497 e. The van der Waals surface area contributed by atoms with Crippen LogP contribution in [-0.4, -0.2) is 16.7 Å². The van der Waals surface area contributed by atoms with Crippen molar-refractivity contribution in [2.45, 2.75) is 6.54 Å². The van der Waals surface area contributed by atoms with Gasteiger partial charge in [-0.2, -0.15) is 0 Å². The van der Waals surface area contributed by atoms with Crippen LogP contribution in [0.25, 0.3) is 5.69 Å². The van der Waals surface area contributed by atoms with E-state index in [1.807, 2.05) is 0 Å². The van der Waals surface area contributed by atoms with Gasteiger partial charge in [0, 0.05) is 24.6 Å². The van der Waals surface area contributed by atoms with Crippen molar-refractivity contribution in [1.29, 1.82) is 0 Å². The lowest BCUT2D eigenvalue weighted by atomic mass is 10.2. The van der Waals surface area contributed by atoms with E-state index in [0.29, 0.717) is 12.2 Å². The number of aromatic nitrogens is 2. The molecule has 24 heavy (non-hydrogen) atoms. The minimum Gasteiger partial charge on any atom is -0.497 e. The molecule has 1 aromatic heterocycles. The summed E-state index contributed by atoms with van der Waals surface area (Å²) in [6, 6.07) is 13.2. The van der Waals surface area contributed by atoms with Gasteiger partial charge in [0.05, 0.1) is 7.11 Å². The van der Waals surface area contributed by atoms with Crippen molar-refractivity contribution >= 4 is 5.82 Å². The first-order chi connectivity index (χ1) is 11.7. The SMILES string of the molecule is COc1ccc(-n2ccnc(NCc3ccc(F)cc3)c2=O)cc1. The molecule has 5 nitrogen and oxygen atoms in total. The molecule has 122 valence electrons. The third-order valence-corrected chi connectivity index (χ3v) is 3.56. The topological polar surface area (TPSA) is 56.1 Å². The van der Waals surface area contributed by atoms with Gasteiger partial charge in [-0.3, -0.25) is 9.36 Å². The predicted octanol–water partition coefficient (Wildman–Crippen LogP) is 2.99. The number of anilines is 1. The van der Waals surface area contributed by atoms with Crippen LogP contribution in [0.4, 0.5) is 10.2 Å². The maximum atomic E-state index is 12.9. The first-order valence-corrected chi connectivity index (χ1v) is 7.38. The molecule has 2 aromatic carbocycles. The second-order valence-corrected chi connectivity index (χ2v) is 5.13. The standard InChI is InChI=1S/C18H16FN3O2/c1-24-16-8-6-15(7-9-16)22-11-10-20-17(18(22)23)21-12-13-2-4-14(19)5-3-13/h2-11H,12H2,1H3,(H,20,21). The minimum absolute atomic E-state index is 0.234. The molecule has 0 bridgehead atoms. The van der Waals surface area contributed by atoms with Crippen molar-refractivity contribution < 1.29 is 9.13 Å². The van der Waals surface area contributed by atoms with Crippen molar-refractivity contribution in [2.24, 2.45) is 0 Å². The lowest BCUT2D eigenvalue weighted by molar-refractivity contribution is 0.414. The van der Waals surface area contributed by atoms with E-state index in [-0.39, 0.29) is 17.2 Å². The molecular formula is C18H16FN3O2. The molecule has 0 aliphatic carbocycles. The molecule has 0 aliphatic rings. The summed E-state index contributed by atoms with van der Waals surface area (Å²) < 4.78 is 19.5. The van der Waals surface area contributed by atoms with Crippen LogP contribution in [0.15, 0.2) is 65.7 Å². The van der Waals surface area contributed by atoms with Gasteiger partial charge < -0.3 is 10.1 Å². The Hall–Kier alpha value is -3.15. The van der Waals surface area contributed by atoms with Crippen LogP contribution < -0.4 is 15.6 Å². The molecule has 0 aliphatic heterocycles. The van der Waals surface area contributed by atoms with Gasteiger partial charge in [0.1, 0.15) is 11.6 Å². The summed E-state index contributed by atoms with van der Waals surface area (Å²) in [4.78, 5) is 16.6. The number of ether oxygens (including phenoxy) is 1. The van der Waals surface area contributed by atoms with Crippen LogP contribution in [0.3, 0.4) is 0 Å². The number of benzene rings is 2. The second-order valence-electron chi connectivity index (χ2n) is 5.13. The van der Waals surface area contributed by atoms with Crippen LogP contribution in [0.1, 0.15) is 5.56 Å². The van der Waals surface area contributed by atoms with E-state index in [4.69, 9.17) is 4.74 Å². The zero-order valence-electron chi connectivity index (χ0n) is 13.1. The van der Waals surface area contributed by atoms with E-state index >= 15 is 0 Å². The third-order valence-electron chi connectivity index (χ3n) is 3.56. The first kappa shape index (κ1) is 15.7. The zero-order valence-corrected chi connectivity index (χ0v) is 13.1. The van der Waals surface area contributed by atoms with Gasteiger partial charge in [-0.05, 0) is 42.0 Å². The molecular weight excluding hydrogens is 309 g/mol. The van der Waals surface area contributed by atoms with Gasteiger partial charge in [0.25, 0.3) is 5.56 Å². The Morgan fingerprint density at radius 3 is 2.50 bits per heavy atom. The van der Waals surface area contributed by atoms with E-state index in [1.165, 1.54) is 16.7 Å². The third kappa shape index (κ3) is 3.43. The van der Waals surface area contributed by atoms with Crippen LogP contribution in [-0.2, 0) is 6.54 Å². The Kier molecular flexibility index (Phi) is 4.56. The Balaban J connectivity index is 1.82. The zero-order chi connectivity index (χ0) is 16.9. The number of hydrogen-bond donors (Lipinski definition) is 1. The summed E-state index contributed by atoms with van der Waals surface area (Å²) in [5.41, 5.74) is 1.32. The quantitative estimate of drug-likeness (QED) is 0.783. The van der Waals surface area contributed by atoms with Crippen molar-refractivity contribution in [1.82, 2.24) is 9.55 Å². The van der Waals surface area contributed by atoms with Crippen LogP contribution >= 0.6 is 0 Å². The molecule has 0 radical (unpaired) electrons. The molecule has 0 saturated carbocycles. The molecule has 1 N–H and O–H groups in total. The smallest absolute Gasteiger partial charge is 0.297 e. The van der Waals surface area contributed by atoms with Crippen LogP contribution in [0, 0.1) is 5.82 Å². The Bertz CT molecular complexity index is 874. The van der Waals surface area contributed by atoms with Crippen LogP contribution in [0.5, 0.6) is 5.75 Å². The molecule has 0 saturated heterocycles. The van der Waals surface area contributed by atoms with Crippen molar-refractivity contribution in [2.75, 3.05) is 12.4 Å². The molecule has 0 spiro atoms. The fraction of sp³-hybridized carbons (Fsp3) is 0.111. The van der Waals surface area contributed by atoms with Crippen molar-refractivity contribution in [3.8, 4) is 11.4 Å². The lowest BCUT2D eigenvalue weighted by Gasteiger charge is -2.10. The number of nitrogens with one attached hydrogen (secondary N) is 1. The molecule has 0 fully saturated rings. The summed E-state index contributed by atoms with van der Waals surface area (Å²) in [5.74, 6) is 0.659. The molecule has 6 heteroatoms. The summed E-state index contributed by atoms with van der Waals surface area (Å²) in [6.07, 6.45) is 3.16. The molecule has 0 atom stereocenters. The van der Waals surface area contributed by atoms with Crippen molar-refractivity contribution in [3.63, 3.8) is 0 Å². The predicted molar refractivity (Wildman–Crippen MR) is 90.1 cm³/mol. The fourth-order valence-corrected chi connectivity index (χ4v) is 2.27. The molecule has 1 heterocycles. The maximum Gasteiger partial charge on any atom is 0.297 e. The fourth-order valence-electron chi connectivity index (χ4n) is 2.27. The normalized spacial score (nSPS) is 10.4. The summed E-state index contributed by atoms with van der Waals surface area (Å²) in [6.45, 7) is 0.384. The highest BCUT2D eigenvalue weighted by atomic mass is 19.1. The summed E-state index contributed by atoms with van der Waals surface area (Å²) in [5, 5.41) is 2.99. The minimum atomic E-state index is -0.293. The highest BCUT2D eigenvalue weighted by Crippen LogP contribution is 2.14. The van der Waals surface area contributed by atoms with E-state index in [9.17, 15) is 9.18 Å². The highest BCUT2D eigenvalue weighted by molar-refractivity contribution is 5.41. The van der Waals surface area contributed by atoms with Gasteiger partial charge in [0.15, 0.2) is 5.82 Å².